The molecule has 0 amide bonds. The summed E-state index contributed by atoms with van der Waals surface area (Å²) in [5.74, 6) is 0.919. The molecule has 1 N–H and O–H groups in total. The number of anilines is 2. The van der Waals surface area contributed by atoms with Gasteiger partial charge < -0.3 is 14.8 Å². The van der Waals surface area contributed by atoms with Gasteiger partial charge >= 0.3 is 0 Å². The van der Waals surface area contributed by atoms with Crippen LogP contribution in [0.5, 0.6) is 5.75 Å². The van der Waals surface area contributed by atoms with Crippen molar-refractivity contribution in [2.45, 2.75) is 70.7 Å². The molecule has 1 aliphatic carbocycles. The lowest BCUT2D eigenvalue weighted by Crippen LogP contribution is -2.65. The Balaban J connectivity index is 1.00. The number of nitrogens with zero attached hydrogens (tertiary/aromatic N) is 9. The largest absolute Gasteiger partial charge is 0.487 e. The SMILES string of the molecule is CCC(=O)c1nn(C2CC3(C2)CN(C2CCOCC2)C3)cc1Nc1ncc(-c2ccc(Cl)c(OC(C)Cn3cnnn3)c2)cn1. The van der Waals surface area contributed by atoms with Crippen LogP contribution in [-0.2, 0) is 11.3 Å². The Kier molecular flexibility index (Phi) is 8.23. The van der Waals surface area contributed by atoms with Crippen molar-refractivity contribution < 1.29 is 14.3 Å². The van der Waals surface area contributed by atoms with E-state index in [9.17, 15) is 4.79 Å². The third-order valence-corrected chi connectivity index (χ3v) is 9.45. The summed E-state index contributed by atoms with van der Waals surface area (Å²) < 4.78 is 15.2. The smallest absolute Gasteiger partial charge is 0.227 e. The molecule has 2 saturated heterocycles. The highest BCUT2D eigenvalue weighted by Crippen LogP contribution is 2.55. The minimum absolute atomic E-state index is 0.0146. The molecule has 0 bridgehead atoms. The zero-order valence-electron chi connectivity index (χ0n) is 25.5. The van der Waals surface area contributed by atoms with E-state index >= 15 is 0 Å². The molecule has 0 radical (unpaired) electrons. The van der Waals surface area contributed by atoms with Gasteiger partial charge in [0.25, 0.3) is 0 Å². The highest BCUT2D eigenvalue weighted by molar-refractivity contribution is 6.32. The second kappa shape index (κ2) is 12.5. The number of ketones is 1. The fourth-order valence-electron chi connectivity index (χ4n) is 6.77. The van der Waals surface area contributed by atoms with E-state index in [2.05, 4.69) is 35.7 Å². The molecule has 1 unspecified atom stereocenters. The first kappa shape index (κ1) is 29.8. The number of benzene rings is 1. The summed E-state index contributed by atoms with van der Waals surface area (Å²) in [7, 11) is 0. The van der Waals surface area contributed by atoms with E-state index in [-0.39, 0.29) is 11.9 Å². The Morgan fingerprint density at radius 2 is 1.93 bits per heavy atom. The first-order valence-electron chi connectivity index (χ1n) is 15.6. The zero-order chi connectivity index (χ0) is 31.0. The predicted octanol–water partition coefficient (Wildman–Crippen LogP) is 4.60. The van der Waals surface area contributed by atoms with Crippen molar-refractivity contribution in [3.8, 4) is 16.9 Å². The molecule has 1 spiro atoms. The van der Waals surface area contributed by atoms with Crippen molar-refractivity contribution in [1.29, 1.82) is 0 Å². The quantitative estimate of drug-likeness (QED) is 0.232. The van der Waals surface area contributed by atoms with E-state index in [1.165, 1.54) is 6.33 Å². The Morgan fingerprint density at radius 3 is 2.64 bits per heavy atom. The van der Waals surface area contributed by atoms with Crippen LogP contribution >= 0.6 is 11.6 Å². The lowest BCUT2D eigenvalue weighted by molar-refractivity contribution is -0.124. The summed E-state index contributed by atoms with van der Waals surface area (Å²) in [4.78, 5) is 24.5. The average molecular weight is 633 g/mol. The molecule has 13 nitrogen and oxygen atoms in total. The number of hydrogen-bond donors (Lipinski definition) is 1. The fourth-order valence-corrected chi connectivity index (χ4v) is 6.93. The van der Waals surface area contributed by atoms with E-state index < -0.39 is 0 Å². The summed E-state index contributed by atoms with van der Waals surface area (Å²) in [6.07, 6.45) is 11.5. The predicted molar refractivity (Wildman–Crippen MR) is 167 cm³/mol. The van der Waals surface area contributed by atoms with Crippen molar-refractivity contribution in [1.82, 2.24) is 44.9 Å². The van der Waals surface area contributed by atoms with E-state index in [0.717, 1.165) is 63.1 Å². The highest BCUT2D eigenvalue weighted by Gasteiger charge is 2.54. The molecule has 1 atom stereocenters. The van der Waals surface area contributed by atoms with Crippen LogP contribution in [0.15, 0.2) is 43.1 Å². The van der Waals surface area contributed by atoms with Crippen LogP contribution in [0.3, 0.4) is 0 Å². The Morgan fingerprint density at radius 1 is 1.16 bits per heavy atom. The van der Waals surface area contributed by atoms with E-state index in [0.29, 0.717) is 58.6 Å². The molecule has 2 aliphatic heterocycles. The van der Waals surface area contributed by atoms with Gasteiger partial charge in [-0.05, 0) is 66.1 Å². The number of nitrogens with one attached hydrogen (secondary N) is 1. The van der Waals surface area contributed by atoms with Crippen molar-refractivity contribution in [3.05, 3.63) is 53.8 Å². The van der Waals surface area contributed by atoms with Gasteiger partial charge in [0.1, 0.15) is 18.2 Å². The van der Waals surface area contributed by atoms with E-state index in [1.807, 2.05) is 36.9 Å². The van der Waals surface area contributed by atoms with Gasteiger partial charge in [0.2, 0.25) is 5.95 Å². The lowest BCUT2D eigenvalue weighted by atomic mass is 9.60. The molecule has 7 rings (SSSR count). The zero-order valence-corrected chi connectivity index (χ0v) is 26.2. The number of rotatable bonds is 11. The van der Waals surface area contributed by atoms with Gasteiger partial charge in [-0.3, -0.25) is 14.4 Å². The maximum absolute atomic E-state index is 12.8. The van der Waals surface area contributed by atoms with Crippen LogP contribution in [0.1, 0.15) is 62.5 Å². The van der Waals surface area contributed by atoms with Crippen molar-refractivity contribution in [3.63, 3.8) is 0 Å². The Labute approximate surface area is 266 Å². The number of aromatic nitrogens is 8. The first-order valence-corrected chi connectivity index (χ1v) is 16.0. The molecule has 3 aromatic heterocycles. The number of Topliss-reactive ketones (excluding diaryl/α,β-unsaturated/α-hetero) is 1. The summed E-state index contributed by atoms with van der Waals surface area (Å²) in [6.45, 7) is 8.32. The Bertz CT molecular complexity index is 1620. The molecule has 5 heterocycles. The van der Waals surface area contributed by atoms with Crippen LogP contribution in [0.25, 0.3) is 11.1 Å². The van der Waals surface area contributed by atoms with Crippen molar-refractivity contribution >= 4 is 29.0 Å². The van der Waals surface area contributed by atoms with Crippen LogP contribution in [0.4, 0.5) is 11.6 Å². The molecule has 45 heavy (non-hydrogen) atoms. The fraction of sp³-hybridized carbons (Fsp3) is 0.516. The summed E-state index contributed by atoms with van der Waals surface area (Å²) in [6, 6.07) is 6.50. The van der Waals surface area contributed by atoms with Crippen molar-refractivity contribution in [2.24, 2.45) is 5.41 Å². The molecular weight excluding hydrogens is 596 g/mol. The molecule has 1 aromatic carbocycles. The van der Waals surface area contributed by atoms with Crippen molar-refractivity contribution in [2.75, 3.05) is 31.6 Å². The maximum Gasteiger partial charge on any atom is 0.227 e. The third-order valence-electron chi connectivity index (χ3n) is 9.14. The summed E-state index contributed by atoms with van der Waals surface area (Å²) in [5.41, 5.74) is 3.10. The van der Waals surface area contributed by atoms with Crippen LogP contribution in [0, 0.1) is 5.41 Å². The first-order chi connectivity index (χ1) is 21.9. The third kappa shape index (κ3) is 6.29. The summed E-state index contributed by atoms with van der Waals surface area (Å²) in [5, 5.41) is 19.7. The number of ether oxygens (including phenoxy) is 2. The molecule has 4 aromatic rings. The number of likely N-dealkylation sites (tertiary alicyclic amines) is 1. The molecular formula is C31H37ClN10O3. The molecule has 1 saturated carbocycles. The highest BCUT2D eigenvalue weighted by atomic mass is 35.5. The number of tetrazole rings is 1. The van der Waals surface area contributed by atoms with E-state index in [1.54, 1.807) is 23.1 Å². The number of halogens is 1. The van der Waals surface area contributed by atoms with Gasteiger partial charge in [0.15, 0.2) is 11.5 Å². The van der Waals surface area contributed by atoms with E-state index in [4.69, 9.17) is 26.2 Å². The topological polar surface area (TPSA) is 138 Å². The van der Waals surface area contributed by atoms with Crippen LogP contribution in [0.2, 0.25) is 5.02 Å². The van der Waals surface area contributed by atoms with Crippen LogP contribution in [-0.4, -0.2) is 89.1 Å². The van der Waals surface area contributed by atoms with Gasteiger partial charge in [-0.2, -0.15) is 5.10 Å². The minimum atomic E-state index is -0.212. The minimum Gasteiger partial charge on any atom is -0.487 e. The number of carbonyl (C=O) groups is 1. The van der Waals surface area contributed by atoms with Gasteiger partial charge in [-0.1, -0.05) is 24.6 Å². The normalized spacial score (nSPS) is 19.2. The van der Waals surface area contributed by atoms with Gasteiger partial charge in [0.05, 0.1) is 23.3 Å². The monoisotopic (exact) mass is 632 g/mol. The molecule has 14 heteroatoms. The molecule has 236 valence electrons. The average Bonchev–Trinajstić information content (AvgIpc) is 3.68. The molecule has 3 aliphatic rings. The van der Waals surface area contributed by atoms with Gasteiger partial charge in [-0.25, -0.2) is 14.6 Å². The number of hydrogen-bond acceptors (Lipinski definition) is 11. The van der Waals surface area contributed by atoms with Gasteiger partial charge in [0, 0.05) is 62.9 Å². The number of carbonyl (C=O) groups excluding carboxylic acids is 1. The summed E-state index contributed by atoms with van der Waals surface area (Å²) >= 11 is 6.43. The second-order valence-corrected chi connectivity index (χ2v) is 12.9. The second-order valence-electron chi connectivity index (χ2n) is 12.5. The molecule has 3 fully saturated rings. The Hall–Kier alpha value is -3.94. The standard InChI is InChI=1S/C31H37ClN10O3/c1-3-27(43)29-26(16-42(37-29)24-11-31(12-24)17-40(18-31)23-6-8-44-9-7-23)36-30-33-13-22(14-34-30)21-4-5-25(32)28(10-21)45-20(2)15-41-19-35-38-39-41/h4-5,10,13-14,16,19-20,23-24H,3,6-9,11-12,15,17-18H2,1-2H3,(H,33,34,36). The van der Waals surface area contributed by atoms with Crippen LogP contribution < -0.4 is 10.1 Å². The lowest BCUT2D eigenvalue weighted by Gasteiger charge is -2.61. The van der Waals surface area contributed by atoms with Gasteiger partial charge in [-0.15, -0.1) is 5.10 Å². The maximum atomic E-state index is 12.8.